The van der Waals surface area contributed by atoms with E-state index in [1.165, 1.54) is 0 Å². The molecule has 1 saturated heterocycles. The first-order chi connectivity index (χ1) is 11.7. The highest BCUT2D eigenvalue weighted by Gasteiger charge is 2.19. The summed E-state index contributed by atoms with van der Waals surface area (Å²) < 4.78 is 5.62. The van der Waals surface area contributed by atoms with Crippen LogP contribution in [0.15, 0.2) is 29.6 Å². The van der Waals surface area contributed by atoms with E-state index in [1.807, 2.05) is 34.5 Å². The predicted molar refractivity (Wildman–Crippen MR) is 95.0 cm³/mol. The van der Waals surface area contributed by atoms with Gasteiger partial charge in [0.15, 0.2) is 6.61 Å². The lowest BCUT2D eigenvalue weighted by Crippen LogP contribution is -2.48. The van der Waals surface area contributed by atoms with Crippen molar-refractivity contribution < 1.29 is 9.53 Å². The van der Waals surface area contributed by atoms with Gasteiger partial charge in [0.1, 0.15) is 10.8 Å². The van der Waals surface area contributed by atoms with Crippen LogP contribution in [0.1, 0.15) is 5.01 Å². The minimum atomic E-state index is 0.0410. The van der Waals surface area contributed by atoms with Gasteiger partial charge in [0, 0.05) is 43.7 Å². The van der Waals surface area contributed by atoms with Gasteiger partial charge in [0.2, 0.25) is 0 Å². The van der Waals surface area contributed by atoms with Gasteiger partial charge in [0.25, 0.3) is 5.91 Å². The molecule has 2 heterocycles. The number of hydrogen-bond acceptors (Lipinski definition) is 6. The zero-order chi connectivity index (χ0) is 16.9. The number of piperazine rings is 1. The van der Waals surface area contributed by atoms with Crippen LogP contribution in [-0.4, -0.2) is 60.5 Å². The number of nitrogens with two attached hydrogens (primary N) is 1. The van der Waals surface area contributed by atoms with Crippen molar-refractivity contribution in [3.63, 3.8) is 0 Å². The molecular formula is C17H22N4O2S. The number of rotatable bonds is 5. The third-order valence-corrected chi connectivity index (χ3v) is 4.97. The Kier molecular flexibility index (Phi) is 5.44. The fourth-order valence-corrected chi connectivity index (χ4v) is 3.24. The third-order valence-electron chi connectivity index (χ3n) is 4.09. The Hall–Kier alpha value is -1.96. The van der Waals surface area contributed by atoms with Crippen molar-refractivity contribution >= 4 is 17.2 Å². The van der Waals surface area contributed by atoms with E-state index in [1.54, 1.807) is 11.3 Å². The summed E-state index contributed by atoms with van der Waals surface area (Å²) in [5, 5.41) is 2.91. The summed E-state index contributed by atoms with van der Waals surface area (Å²) in [7, 11) is 2.07. The SMILES string of the molecule is CN1CCN(C(=O)COc2ccc(-c3csc(CN)n3)cc2)CC1. The van der Waals surface area contributed by atoms with Crippen LogP contribution in [0.5, 0.6) is 5.75 Å². The minimum Gasteiger partial charge on any atom is -0.484 e. The quantitative estimate of drug-likeness (QED) is 0.887. The molecule has 0 spiro atoms. The smallest absolute Gasteiger partial charge is 0.260 e. The van der Waals surface area contributed by atoms with Gasteiger partial charge in [0.05, 0.1) is 5.69 Å². The summed E-state index contributed by atoms with van der Waals surface area (Å²) in [5.74, 6) is 0.731. The van der Waals surface area contributed by atoms with Gasteiger partial charge in [-0.3, -0.25) is 4.79 Å². The molecule has 1 amide bonds. The number of aromatic nitrogens is 1. The zero-order valence-electron chi connectivity index (χ0n) is 13.8. The highest BCUT2D eigenvalue weighted by atomic mass is 32.1. The number of nitrogens with zero attached hydrogens (tertiary/aromatic N) is 3. The molecular weight excluding hydrogens is 324 g/mol. The summed E-state index contributed by atoms with van der Waals surface area (Å²) in [6.07, 6.45) is 0. The van der Waals surface area contributed by atoms with Gasteiger partial charge in [-0.05, 0) is 31.3 Å². The van der Waals surface area contributed by atoms with E-state index in [2.05, 4.69) is 16.9 Å². The van der Waals surface area contributed by atoms with E-state index < -0.39 is 0 Å². The Morgan fingerprint density at radius 3 is 2.58 bits per heavy atom. The lowest BCUT2D eigenvalue weighted by molar-refractivity contribution is -0.134. The van der Waals surface area contributed by atoms with E-state index in [4.69, 9.17) is 10.5 Å². The van der Waals surface area contributed by atoms with Crippen LogP contribution < -0.4 is 10.5 Å². The maximum atomic E-state index is 12.2. The molecule has 0 atom stereocenters. The predicted octanol–water partition coefficient (Wildman–Crippen LogP) is 1.42. The molecule has 0 saturated carbocycles. The lowest BCUT2D eigenvalue weighted by Gasteiger charge is -2.32. The van der Waals surface area contributed by atoms with Crippen molar-refractivity contribution in [1.29, 1.82) is 0 Å². The van der Waals surface area contributed by atoms with Gasteiger partial charge in [-0.1, -0.05) is 0 Å². The fourth-order valence-electron chi connectivity index (χ4n) is 2.55. The Bertz CT molecular complexity index is 678. The number of carbonyl (C=O) groups is 1. The minimum absolute atomic E-state index is 0.0410. The zero-order valence-corrected chi connectivity index (χ0v) is 14.6. The molecule has 6 nitrogen and oxygen atoms in total. The van der Waals surface area contributed by atoms with Gasteiger partial charge in [-0.2, -0.15) is 0 Å². The van der Waals surface area contributed by atoms with Crippen LogP contribution >= 0.6 is 11.3 Å². The molecule has 0 radical (unpaired) electrons. The summed E-state index contributed by atoms with van der Waals surface area (Å²) in [4.78, 5) is 20.7. The molecule has 0 aliphatic carbocycles. The maximum absolute atomic E-state index is 12.2. The van der Waals surface area contributed by atoms with Crippen molar-refractivity contribution in [1.82, 2.24) is 14.8 Å². The molecule has 128 valence electrons. The highest BCUT2D eigenvalue weighted by molar-refractivity contribution is 7.09. The monoisotopic (exact) mass is 346 g/mol. The molecule has 24 heavy (non-hydrogen) atoms. The molecule has 1 fully saturated rings. The number of thiazole rings is 1. The molecule has 1 aromatic heterocycles. The van der Waals surface area contributed by atoms with E-state index in [-0.39, 0.29) is 12.5 Å². The average Bonchev–Trinajstić information content (AvgIpc) is 3.10. The summed E-state index contributed by atoms with van der Waals surface area (Å²) in [5.41, 5.74) is 7.53. The number of likely N-dealkylation sites (N-methyl/N-ethyl adjacent to an activating group) is 1. The largest absolute Gasteiger partial charge is 0.484 e. The summed E-state index contributed by atoms with van der Waals surface area (Å²) in [6, 6.07) is 7.64. The Morgan fingerprint density at radius 1 is 1.25 bits per heavy atom. The highest BCUT2D eigenvalue weighted by Crippen LogP contribution is 2.24. The molecule has 7 heteroatoms. The van der Waals surface area contributed by atoms with Gasteiger partial charge >= 0.3 is 0 Å². The molecule has 3 rings (SSSR count). The number of benzene rings is 1. The van der Waals surface area contributed by atoms with Gasteiger partial charge < -0.3 is 20.3 Å². The molecule has 0 unspecified atom stereocenters. The van der Waals surface area contributed by atoms with Crippen LogP contribution in [0.25, 0.3) is 11.3 Å². The maximum Gasteiger partial charge on any atom is 0.260 e. The van der Waals surface area contributed by atoms with Gasteiger partial charge in [-0.15, -0.1) is 11.3 Å². The average molecular weight is 346 g/mol. The Labute approximate surface area is 145 Å². The molecule has 1 aliphatic heterocycles. The van der Waals surface area contributed by atoms with Crippen molar-refractivity contribution in [2.75, 3.05) is 39.8 Å². The molecule has 0 bridgehead atoms. The second kappa shape index (κ2) is 7.74. The van der Waals surface area contributed by atoms with Crippen LogP contribution in [0.2, 0.25) is 0 Å². The summed E-state index contributed by atoms with van der Waals surface area (Å²) in [6.45, 7) is 3.91. The first-order valence-electron chi connectivity index (χ1n) is 8.00. The number of amides is 1. The number of hydrogen-bond donors (Lipinski definition) is 1. The fraction of sp³-hybridized carbons (Fsp3) is 0.412. The van der Waals surface area contributed by atoms with E-state index in [9.17, 15) is 4.79 Å². The molecule has 1 aromatic carbocycles. The number of carbonyl (C=O) groups excluding carboxylic acids is 1. The molecule has 2 aromatic rings. The Balaban J connectivity index is 1.53. The normalized spacial score (nSPS) is 15.5. The van der Waals surface area contributed by atoms with Crippen LogP contribution in [0.3, 0.4) is 0 Å². The van der Waals surface area contributed by atoms with Crippen LogP contribution in [-0.2, 0) is 11.3 Å². The van der Waals surface area contributed by atoms with Crippen molar-refractivity contribution in [2.45, 2.75) is 6.54 Å². The van der Waals surface area contributed by atoms with Crippen molar-refractivity contribution in [3.05, 3.63) is 34.7 Å². The van der Waals surface area contributed by atoms with Crippen molar-refractivity contribution in [2.24, 2.45) is 5.73 Å². The van der Waals surface area contributed by atoms with E-state index in [0.717, 1.165) is 42.4 Å². The van der Waals surface area contributed by atoms with Crippen LogP contribution in [0, 0.1) is 0 Å². The number of ether oxygens (including phenoxy) is 1. The topological polar surface area (TPSA) is 71.7 Å². The van der Waals surface area contributed by atoms with Gasteiger partial charge in [-0.25, -0.2) is 4.98 Å². The van der Waals surface area contributed by atoms with Crippen molar-refractivity contribution in [3.8, 4) is 17.0 Å². The van der Waals surface area contributed by atoms with Crippen LogP contribution in [0.4, 0.5) is 0 Å². The first kappa shape index (κ1) is 16.9. The second-order valence-electron chi connectivity index (χ2n) is 5.83. The molecule has 1 aliphatic rings. The molecule has 2 N–H and O–H groups in total. The second-order valence-corrected chi connectivity index (χ2v) is 6.77. The van der Waals surface area contributed by atoms with E-state index >= 15 is 0 Å². The summed E-state index contributed by atoms with van der Waals surface area (Å²) >= 11 is 1.56. The Morgan fingerprint density at radius 2 is 1.96 bits per heavy atom. The third kappa shape index (κ3) is 4.11. The lowest BCUT2D eigenvalue weighted by atomic mass is 10.2. The standard InChI is InChI=1S/C17H22N4O2S/c1-20-6-8-21(9-7-20)17(22)11-23-14-4-2-13(3-5-14)15-12-24-16(10-18)19-15/h2-5,12H,6-11,18H2,1H3. The first-order valence-corrected chi connectivity index (χ1v) is 8.87. The van der Waals surface area contributed by atoms with E-state index in [0.29, 0.717) is 12.3 Å².